The topological polar surface area (TPSA) is 58.6 Å². The SMILES string of the molecule is CCc1ccccc1NC(=O)C1c2ccccc2C(=O)N(CCOC)C12CCCC2. The van der Waals surface area contributed by atoms with Crippen LogP contribution in [0.15, 0.2) is 48.5 Å². The molecule has 2 aromatic rings. The third-order valence-corrected chi connectivity index (χ3v) is 6.73. The molecule has 2 aromatic carbocycles. The number of amides is 2. The van der Waals surface area contributed by atoms with E-state index in [0.29, 0.717) is 18.7 Å². The van der Waals surface area contributed by atoms with Crippen molar-refractivity contribution in [3.05, 3.63) is 65.2 Å². The minimum atomic E-state index is -0.491. The lowest BCUT2D eigenvalue weighted by molar-refractivity contribution is -0.121. The maximum Gasteiger partial charge on any atom is 0.254 e. The number of aryl methyl sites for hydroxylation is 1. The normalized spacial score (nSPS) is 19.7. The largest absolute Gasteiger partial charge is 0.383 e. The lowest BCUT2D eigenvalue weighted by Crippen LogP contribution is -2.60. The number of fused-ring (bicyclic) bond motifs is 1. The van der Waals surface area contributed by atoms with Gasteiger partial charge in [0.2, 0.25) is 5.91 Å². The average Bonchev–Trinajstić information content (AvgIpc) is 3.24. The zero-order valence-corrected chi connectivity index (χ0v) is 17.8. The van der Waals surface area contributed by atoms with Crippen molar-refractivity contribution < 1.29 is 14.3 Å². The van der Waals surface area contributed by atoms with E-state index in [-0.39, 0.29) is 11.8 Å². The fourth-order valence-corrected chi connectivity index (χ4v) is 5.33. The van der Waals surface area contributed by atoms with Crippen LogP contribution in [0.1, 0.15) is 60.0 Å². The number of nitrogens with one attached hydrogen (secondary N) is 1. The number of benzene rings is 2. The standard InChI is InChI=1S/C25H30N2O3/c1-3-18-10-4-7-13-21(18)26-23(28)22-19-11-5-6-12-20(19)24(29)27(16-17-30-2)25(22)14-8-9-15-25/h4-7,10-13,22H,3,8-9,14-17H2,1-2H3,(H,26,28). The Morgan fingerprint density at radius 1 is 1.13 bits per heavy atom. The van der Waals surface area contributed by atoms with E-state index in [0.717, 1.165) is 48.9 Å². The Kier molecular flexibility index (Phi) is 5.91. The van der Waals surface area contributed by atoms with E-state index in [1.807, 2.05) is 53.4 Å². The summed E-state index contributed by atoms with van der Waals surface area (Å²) in [5.41, 5.74) is 2.97. The Balaban J connectivity index is 1.79. The number of nitrogens with zero attached hydrogens (tertiary/aromatic N) is 1. The molecule has 1 N–H and O–H groups in total. The lowest BCUT2D eigenvalue weighted by atomic mass is 9.71. The van der Waals surface area contributed by atoms with Gasteiger partial charge < -0.3 is 15.0 Å². The van der Waals surface area contributed by atoms with Crippen LogP contribution in [0.2, 0.25) is 0 Å². The van der Waals surface area contributed by atoms with Crippen molar-refractivity contribution >= 4 is 17.5 Å². The summed E-state index contributed by atoms with van der Waals surface area (Å²) in [6.07, 6.45) is 4.57. The van der Waals surface area contributed by atoms with Gasteiger partial charge in [0.25, 0.3) is 5.91 Å². The first-order valence-electron chi connectivity index (χ1n) is 10.9. The van der Waals surface area contributed by atoms with E-state index in [1.54, 1.807) is 7.11 Å². The minimum Gasteiger partial charge on any atom is -0.383 e. The van der Waals surface area contributed by atoms with E-state index >= 15 is 0 Å². The summed E-state index contributed by atoms with van der Waals surface area (Å²) in [5.74, 6) is -0.404. The third-order valence-electron chi connectivity index (χ3n) is 6.73. The van der Waals surface area contributed by atoms with Gasteiger partial charge in [-0.2, -0.15) is 0 Å². The van der Waals surface area contributed by atoms with Crippen molar-refractivity contribution in [3.8, 4) is 0 Å². The third kappa shape index (κ3) is 3.41. The molecule has 1 saturated carbocycles. The maximum atomic E-state index is 13.8. The van der Waals surface area contributed by atoms with Crippen LogP contribution in [-0.4, -0.2) is 42.5 Å². The Morgan fingerprint density at radius 3 is 2.57 bits per heavy atom. The summed E-state index contributed by atoms with van der Waals surface area (Å²) in [6.45, 7) is 3.05. The van der Waals surface area contributed by atoms with Gasteiger partial charge in [-0.05, 0) is 42.5 Å². The molecule has 2 aliphatic rings. The second kappa shape index (κ2) is 8.60. The Morgan fingerprint density at radius 2 is 1.83 bits per heavy atom. The van der Waals surface area contributed by atoms with Crippen molar-refractivity contribution in [2.75, 3.05) is 25.6 Å². The van der Waals surface area contributed by atoms with E-state index in [2.05, 4.69) is 12.2 Å². The molecule has 158 valence electrons. The van der Waals surface area contributed by atoms with Crippen LogP contribution in [0.25, 0.3) is 0 Å². The molecule has 1 heterocycles. The number of carbonyl (C=O) groups excluding carboxylic acids is 2. The molecule has 5 nitrogen and oxygen atoms in total. The predicted octanol–water partition coefficient (Wildman–Crippen LogP) is 4.39. The molecule has 2 amide bonds. The smallest absolute Gasteiger partial charge is 0.254 e. The summed E-state index contributed by atoms with van der Waals surface area (Å²) in [4.78, 5) is 29.2. The molecule has 1 atom stereocenters. The summed E-state index contributed by atoms with van der Waals surface area (Å²) in [5, 5.41) is 3.21. The number of methoxy groups -OCH3 is 1. The molecular weight excluding hydrogens is 376 g/mol. The van der Waals surface area contributed by atoms with E-state index in [4.69, 9.17) is 4.74 Å². The highest BCUT2D eigenvalue weighted by Gasteiger charge is 2.55. The summed E-state index contributed by atoms with van der Waals surface area (Å²) in [6, 6.07) is 15.6. The second-order valence-electron chi connectivity index (χ2n) is 8.28. The molecule has 4 rings (SSSR count). The van der Waals surface area contributed by atoms with Crippen molar-refractivity contribution in [2.24, 2.45) is 0 Å². The summed E-state index contributed by atoms with van der Waals surface area (Å²) >= 11 is 0. The van der Waals surface area contributed by atoms with Crippen LogP contribution in [0, 0.1) is 0 Å². The van der Waals surface area contributed by atoms with Crippen LogP contribution in [0.4, 0.5) is 5.69 Å². The number of rotatable bonds is 6. The Labute approximate surface area is 178 Å². The van der Waals surface area contributed by atoms with E-state index < -0.39 is 11.5 Å². The molecule has 5 heteroatoms. The van der Waals surface area contributed by atoms with Crippen molar-refractivity contribution in [3.63, 3.8) is 0 Å². The average molecular weight is 407 g/mol. The zero-order valence-electron chi connectivity index (χ0n) is 17.8. The number of carbonyl (C=O) groups is 2. The molecule has 1 spiro atoms. The van der Waals surface area contributed by atoms with Gasteiger partial charge in [-0.15, -0.1) is 0 Å². The molecule has 0 radical (unpaired) electrons. The van der Waals surface area contributed by atoms with Crippen LogP contribution in [0.3, 0.4) is 0 Å². The molecule has 0 saturated heterocycles. The molecule has 1 unspecified atom stereocenters. The first-order valence-corrected chi connectivity index (χ1v) is 10.9. The van der Waals surface area contributed by atoms with Gasteiger partial charge in [0.1, 0.15) is 0 Å². The van der Waals surface area contributed by atoms with Gasteiger partial charge in [-0.25, -0.2) is 0 Å². The van der Waals surface area contributed by atoms with Crippen LogP contribution >= 0.6 is 0 Å². The number of anilines is 1. The molecule has 1 fully saturated rings. The molecule has 1 aliphatic carbocycles. The van der Waals surface area contributed by atoms with Crippen molar-refractivity contribution in [2.45, 2.75) is 50.5 Å². The van der Waals surface area contributed by atoms with Crippen LogP contribution in [0.5, 0.6) is 0 Å². The van der Waals surface area contributed by atoms with E-state index in [9.17, 15) is 9.59 Å². The number of hydrogen-bond donors (Lipinski definition) is 1. The van der Waals surface area contributed by atoms with Gasteiger partial charge in [0, 0.05) is 24.9 Å². The van der Waals surface area contributed by atoms with Crippen LogP contribution in [-0.2, 0) is 16.0 Å². The van der Waals surface area contributed by atoms with Gasteiger partial charge in [-0.1, -0.05) is 56.2 Å². The Hall–Kier alpha value is -2.66. The Bertz CT molecular complexity index is 933. The molecular formula is C25H30N2O3. The minimum absolute atomic E-state index is 0.0163. The number of ether oxygens (including phenoxy) is 1. The summed E-state index contributed by atoms with van der Waals surface area (Å²) in [7, 11) is 1.65. The highest BCUT2D eigenvalue weighted by molar-refractivity contribution is 6.05. The van der Waals surface area contributed by atoms with E-state index in [1.165, 1.54) is 0 Å². The first-order chi connectivity index (χ1) is 14.6. The number of para-hydroxylation sites is 1. The molecule has 30 heavy (non-hydrogen) atoms. The van der Waals surface area contributed by atoms with Gasteiger partial charge in [0.05, 0.1) is 18.1 Å². The number of hydrogen-bond acceptors (Lipinski definition) is 3. The monoisotopic (exact) mass is 406 g/mol. The molecule has 1 aliphatic heterocycles. The maximum absolute atomic E-state index is 13.8. The lowest BCUT2D eigenvalue weighted by Gasteiger charge is -2.50. The van der Waals surface area contributed by atoms with Gasteiger partial charge in [-0.3, -0.25) is 9.59 Å². The quantitative estimate of drug-likeness (QED) is 0.774. The molecule has 0 bridgehead atoms. The molecule has 0 aromatic heterocycles. The van der Waals surface area contributed by atoms with Gasteiger partial charge in [0.15, 0.2) is 0 Å². The predicted molar refractivity (Wildman–Crippen MR) is 118 cm³/mol. The van der Waals surface area contributed by atoms with Gasteiger partial charge >= 0.3 is 0 Å². The highest BCUT2D eigenvalue weighted by Crippen LogP contribution is 2.50. The van der Waals surface area contributed by atoms with Crippen molar-refractivity contribution in [1.29, 1.82) is 0 Å². The fourth-order valence-electron chi connectivity index (χ4n) is 5.33. The highest BCUT2D eigenvalue weighted by atomic mass is 16.5. The fraction of sp³-hybridized carbons (Fsp3) is 0.440. The first kappa shape index (κ1) is 20.6. The zero-order chi connectivity index (χ0) is 21.1. The van der Waals surface area contributed by atoms with Crippen molar-refractivity contribution in [1.82, 2.24) is 4.90 Å². The summed E-state index contributed by atoms with van der Waals surface area (Å²) < 4.78 is 5.31. The van der Waals surface area contributed by atoms with Crippen LogP contribution < -0.4 is 5.32 Å². The second-order valence-corrected chi connectivity index (χ2v) is 8.28.